The van der Waals surface area contributed by atoms with E-state index >= 15 is 0 Å². The Balaban J connectivity index is 1.59. The lowest BCUT2D eigenvalue weighted by atomic mass is 10.4. The first-order valence-corrected chi connectivity index (χ1v) is 8.51. The predicted molar refractivity (Wildman–Crippen MR) is 84.1 cm³/mol. The zero-order chi connectivity index (χ0) is 17.0. The number of rotatable bonds is 7. The summed E-state index contributed by atoms with van der Waals surface area (Å²) in [5.74, 6) is 1.78. The van der Waals surface area contributed by atoms with E-state index in [1.165, 1.54) is 0 Å². The monoisotopic (exact) mass is 349 g/mol. The van der Waals surface area contributed by atoms with E-state index in [-0.39, 0.29) is 11.4 Å². The third kappa shape index (κ3) is 3.75. The zero-order valence-electron chi connectivity index (χ0n) is 12.7. The van der Waals surface area contributed by atoms with E-state index in [1.54, 1.807) is 36.1 Å². The van der Waals surface area contributed by atoms with E-state index in [1.807, 2.05) is 0 Å². The van der Waals surface area contributed by atoms with Crippen LogP contribution in [0.5, 0.6) is 0 Å². The molecule has 0 aliphatic heterocycles. The van der Waals surface area contributed by atoms with Crippen molar-refractivity contribution in [3.8, 4) is 5.82 Å². The second kappa shape index (κ2) is 6.76. The lowest BCUT2D eigenvalue weighted by molar-refractivity contribution is 0.417. The van der Waals surface area contributed by atoms with Crippen molar-refractivity contribution in [1.29, 1.82) is 0 Å². The van der Waals surface area contributed by atoms with E-state index in [9.17, 15) is 8.42 Å². The van der Waals surface area contributed by atoms with Crippen molar-refractivity contribution in [2.24, 2.45) is 0 Å². The summed E-state index contributed by atoms with van der Waals surface area (Å²) in [5.41, 5.74) is 0. The molecule has 126 valence electrons. The van der Waals surface area contributed by atoms with Crippen molar-refractivity contribution in [3.05, 3.63) is 42.8 Å². The molecule has 0 fully saturated rings. The molecule has 0 aromatic carbocycles. The molecule has 0 saturated carbocycles. The van der Waals surface area contributed by atoms with Gasteiger partial charge in [-0.1, -0.05) is 5.16 Å². The number of hydrogen-bond donors (Lipinski definition) is 2. The van der Waals surface area contributed by atoms with Gasteiger partial charge in [0.1, 0.15) is 22.8 Å². The minimum absolute atomic E-state index is 0.0126. The topological polar surface area (TPSA) is 128 Å². The van der Waals surface area contributed by atoms with Crippen molar-refractivity contribution in [1.82, 2.24) is 29.6 Å². The number of hydrogen-bond acceptors (Lipinski definition) is 8. The van der Waals surface area contributed by atoms with Crippen molar-refractivity contribution in [2.75, 3.05) is 18.4 Å². The van der Waals surface area contributed by atoms with Crippen LogP contribution in [-0.4, -0.2) is 46.4 Å². The second-order valence-electron chi connectivity index (χ2n) is 4.79. The first-order chi connectivity index (χ1) is 11.5. The Hall–Kier alpha value is -2.79. The molecule has 0 amide bonds. The van der Waals surface area contributed by atoms with Gasteiger partial charge in [-0.05, 0) is 13.0 Å². The van der Waals surface area contributed by atoms with Crippen LogP contribution in [0.15, 0.2) is 46.4 Å². The summed E-state index contributed by atoms with van der Waals surface area (Å²) in [4.78, 5) is 8.55. The van der Waals surface area contributed by atoms with Gasteiger partial charge in [0, 0.05) is 31.5 Å². The smallest absolute Gasteiger partial charge is 0.245 e. The van der Waals surface area contributed by atoms with Crippen LogP contribution in [0, 0.1) is 6.92 Å². The van der Waals surface area contributed by atoms with E-state index < -0.39 is 10.0 Å². The molecular formula is C13H15N7O3S. The van der Waals surface area contributed by atoms with Crippen LogP contribution in [0.4, 0.5) is 5.82 Å². The van der Waals surface area contributed by atoms with Gasteiger partial charge >= 0.3 is 0 Å². The van der Waals surface area contributed by atoms with Gasteiger partial charge in [0.2, 0.25) is 10.0 Å². The van der Waals surface area contributed by atoms with Gasteiger partial charge in [0.25, 0.3) is 0 Å². The number of nitrogens with zero attached hydrogens (tertiary/aromatic N) is 5. The van der Waals surface area contributed by atoms with Gasteiger partial charge in [-0.3, -0.25) is 0 Å². The molecule has 11 heteroatoms. The van der Waals surface area contributed by atoms with Crippen LogP contribution in [0.2, 0.25) is 0 Å². The molecular weight excluding hydrogens is 334 g/mol. The third-order valence-corrected chi connectivity index (χ3v) is 4.41. The summed E-state index contributed by atoms with van der Waals surface area (Å²) < 4.78 is 32.4. The van der Waals surface area contributed by atoms with Gasteiger partial charge in [0.05, 0.1) is 6.20 Å². The summed E-state index contributed by atoms with van der Waals surface area (Å²) in [6, 6.07) is 3.53. The van der Waals surface area contributed by atoms with Gasteiger partial charge < -0.3 is 9.84 Å². The molecule has 10 nitrogen and oxygen atoms in total. The Kier molecular flexibility index (Phi) is 4.53. The molecule has 0 bridgehead atoms. The third-order valence-electron chi connectivity index (χ3n) is 3.01. The zero-order valence-corrected chi connectivity index (χ0v) is 13.6. The lowest BCUT2D eigenvalue weighted by Gasteiger charge is -2.09. The summed E-state index contributed by atoms with van der Waals surface area (Å²) in [5, 5.41) is 10.5. The van der Waals surface area contributed by atoms with Crippen LogP contribution >= 0.6 is 0 Å². The molecule has 3 aromatic rings. The molecule has 0 radical (unpaired) electrons. The number of sulfonamides is 1. The first-order valence-electron chi connectivity index (χ1n) is 7.03. The van der Waals surface area contributed by atoms with Gasteiger partial charge in [0.15, 0.2) is 5.82 Å². The average molecular weight is 349 g/mol. The highest BCUT2D eigenvalue weighted by molar-refractivity contribution is 7.89. The lowest BCUT2D eigenvalue weighted by Crippen LogP contribution is -2.28. The molecule has 3 heterocycles. The summed E-state index contributed by atoms with van der Waals surface area (Å²) in [7, 11) is -3.62. The minimum atomic E-state index is -3.62. The molecule has 0 aliphatic carbocycles. The number of anilines is 1. The van der Waals surface area contributed by atoms with Gasteiger partial charge in [-0.2, -0.15) is 5.10 Å². The largest absolute Gasteiger partial charge is 0.369 e. The van der Waals surface area contributed by atoms with Gasteiger partial charge in [-0.15, -0.1) is 0 Å². The highest BCUT2D eigenvalue weighted by atomic mass is 32.2. The first kappa shape index (κ1) is 16.1. The SMILES string of the molecule is Cc1nc(NCCNS(=O)(=O)c2cnoc2)cc(-n2cccn2)n1. The van der Waals surface area contributed by atoms with Crippen LogP contribution in [0.25, 0.3) is 5.82 Å². The second-order valence-corrected chi connectivity index (χ2v) is 6.56. The fourth-order valence-corrected chi connectivity index (χ4v) is 2.84. The average Bonchev–Trinajstić information content (AvgIpc) is 3.23. The van der Waals surface area contributed by atoms with E-state index in [0.29, 0.717) is 24.0 Å². The summed E-state index contributed by atoms with van der Waals surface area (Å²) in [6.45, 7) is 2.29. The predicted octanol–water partition coefficient (Wildman–Crippen LogP) is 0.349. The molecule has 0 aliphatic rings. The van der Waals surface area contributed by atoms with Crippen LogP contribution in [0.3, 0.4) is 0 Å². The minimum Gasteiger partial charge on any atom is -0.369 e. The van der Waals surface area contributed by atoms with Gasteiger partial charge in [-0.25, -0.2) is 27.8 Å². The molecule has 3 aromatic heterocycles. The maximum absolute atomic E-state index is 11.9. The quantitative estimate of drug-likeness (QED) is 0.585. The molecule has 24 heavy (non-hydrogen) atoms. The molecule has 0 unspecified atom stereocenters. The Morgan fingerprint density at radius 3 is 2.88 bits per heavy atom. The normalized spacial score (nSPS) is 11.5. The van der Waals surface area contributed by atoms with Crippen LogP contribution < -0.4 is 10.0 Å². The fourth-order valence-electron chi connectivity index (χ4n) is 1.95. The maximum Gasteiger partial charge on any atom is 0.245 e. The Labute approximate surface area is 138 Å². The summed E-state index contributed by atoms with van der Waals surface area (Å²) in [6.07, 6.45) is 5.64. The molecule has 0 saturated heterocycles. The maximum atomic E-state index is 11.9. The number of nitrogens with one attached hydrogen (secondary N) is 2. The molecule has 0 spiro atoms. The fraction of sp³-hybridized carbons (Fsp3) is 0.231. The standard InChI is InChI=1S/C13H15N7O3S/c1-10-18-12(7-13(19-10)20-6-2-3-15-20)14-4-5-17-24(21,22)11-8-16-23-9-11/h2-3,6-9,17H,4-5H2,1H3,(H,14,18,19). The van der Waals surface area contributed by atoms with E-state index in [0.717, 1.165) is 12.5 Å². The van der Waals surface area contributed by atoms with Crippen molar-refractivity contribution in [2.45, 2.75) is 11.8 Å². The molecule has 2 N–H and O–H groups in total. The number of aryl methyl sites for hydroxylation is 1. The van der Waals surface area contributed by atoms with Crippen molar-refractivity contribution >= 4 is 15.8 Å². The van der Waals surface area contributed by atoms with E-state index in [4.69, 9.17) is 0 Å². The summed E-state index contributed by atoms with van der Waals surface area (Å²) >= 11 is 0. The van der Waals surface area contributed by atoms with Crippen molar-refractivity contribution in [3.63, 3.8) is 0 Å². The van der Waals surface area contributed by atoms with Crippen LogP contribution in [0.1, 0.15) is 5.82 Å². The van der Waals surface area contributed by atoms with Crippen LogP contribution in [-0.2, 0) is 10.0 Å². The Morgan fingerprint density at radius 1 is 1.29 bits per heavy atom. The number of aromatic nitrogens is 5. The Bertz CT molecular complexity index is 892. The molecule has 0 atom stereocenters. The van der Waals surface area contributed by atoms with Crippen molar-refractivity contribution < 1.29 is 12.9 Å². The highest BCUT2D eigenvalue weighted by Gasteiger charge is 2.15. The molecule has 3 rings (SSSR count). The highest BCUT2D eigenvalue weighted by Crippen LogP contribution is 2.10. The van der Waals surface area contributed by atoms with E-state index in [2.05, 4.69) is 34.8 Å². The Morgan fingerprint density at radius 2 is 2.17 bits per heavy atom.